The minimum atomic E-state index is -2.41. The molecular weight excluding hydrogens is 1600 g/mol. The standard InChI is InChI=1S/C67H103N3O41S3/c1-10-67(24-95-42(75)11-14-112,25-96-43(76)12-15-113)26-97-44(77)13-16-114-23-28(4)61(91)94-22-41-38(19-34(69-31(7)73)63(101-41)102-51-46(79)45(78)29(5)98-54(51)57(84)85)109-111-66-50(83)48(81)53(56(106-66)59(88)89)104-64-35(70-32(8)74)18-37(40(100-64)21-93-60(90)27(2)3)108-110-65-49(82)47(80)52(55(105-65)58(86)87)103-62-33(68-30(6)72)17-36(107-92-9)39(20-71)99-62/h28-29,33-41,45-56,62-66,71,78-83,112-113H,2,10-26H2,1,3-9H3,(H,68,72)(H,69,73)(H,70,74)(H,84,85)(H,86,87)(H,88,89)/t28?,29?,33?,34-,35?,36?,37-,38-,39-,40?,41-,45?,46?,47?,48?,49?,50?,51+,52+,53+,54?,55?,56?,62-,63-,64-,65?,66?/m0/s1. The maximum Gasteiger partial charge on any atom is 0.335 e. The molecular formula is C67H103N3O41S3. The van der Waals surface area contributed by atoms with Crippen molar-refractivity contribution in [1.29, 1.82) is 0 Å². The summed E-state index contributed by atoms with van der Waals surface area (Å²) in [6.45, 7) is 9.37. The van der Waals surface area contributed by atoms with Crippen molar-refractivity contribution in [1.82, 2.24) is 16.0 Å². The number of nitrogens with one attached hydrogen (secondary N) is 3. The Hall–Kier alpha value is -5.92. The summed E-state index contributed by atoms with van der Waals surface area (Å²) < 4.78 is 80.0. The smallest absolute Gasteiger partial charge is 0.335 e. The van der Waals surface area contributed by atoms with E-state index in [4.69, 9.17) is 95.6 Å². The number of hydrogen-bond donors (Lipinski definition) is 15. The Morgan fingerprint density at radius 2 is 0.886 bits per heavy atom. The zero-order valence-corrected chi connectivity index (χ0v) is 65.9. The average molecular weight is 1700 g/mol. The minimum absolute atomic E-state index is 0.00350. The molecule has 0 aromatic rings. The van der Waals surface area contributed by atoms with Gasteiger partial charge in [0.25, 0.3) is 0 Å². The molecule has 6 saturated heterocycles. The van der Waals surface area contributed by atoms with Crippen molar-refractivity contribution in [2.24, 2.45) is 11.3 Å². The van der Waals surface area contributed by atoms with Gasteiger partial charge in [-0.25, -0.2) is 48.5 Å². The fourth-order valence-corrected chi connectivity index (χ4v) is 13.6. The van der Waals surface area contributed by atoms with Crippen LogP contribution in [-0.2, 0) is 148 Å². The van der Waals surface area contributed by atoms with Gasteiger partial charge in [-0.3, -0.25) is 33.6 Å². The van der Waals surface area contributed by atoms with Gasteiger partial charge in [0.15, 0.2) is 37.2 Å². The van der Waals surface area contributed by atoms with E-state index in [9.17, 15) is 104 Å². The highest BCUT2D eigenvalue weighted by Crippen LogP contribution is 2.37. The Morgan fingerprint density at radius 3 is 1.25 bits per heavy atom. The fraction of sp³-hybridized carbons (Fsp3) is 0.806. The van der Waals surface area contributed by atoms with Crippen molar-refractivity contribution in [2.75, 3.05) is 69.8 Å². The lowest BCUT2D eigenvalue weighted by Crippen LogP contribution is -2.65. The topological polar surface area (TPSA) is 611 Å². The third kappa shape index (κ3) is 27.9. The number of thioether (sulfide) groups is 1. The monoisotopic (exact) mass is 1700 g/mol. The van der Waals surface area contributed by atoms with Crippen molar-refractivity contribution in [2.45, 2.75) is 259 Å². The summed E-state index contributed by atoms with van der Waals surface area (Å²) in [6.07, 6.45) is -46.9. The molecule has 17 unspecified atom stereocenters. The number of rotatable bonds is 43. The second-order valence-corrected chi connectivity index (χ2v) is 29.6. The zero-order chi connectivity index (χ0) is 84.6. The molecule has 0 aromatic heterocycles. The van der Waals surface area contributed by atoms with E-state index in [2.05, 4.69) is 47.8 Å². The van der Waals surface area contributed by atoms with Crippen LogP contribution in [0.3, 0.4) is 0 Å². The molecule has 13 N–H and O–H groups in total. The Balaban J connectivity index is 1.17. The van der Waals surface area contributed by atoms with Gasteiger partial charge in [-0.15, -0.1) is 0 Å². The third-order valence-electron chi connectivity index (χ3n) is 18.6. The van der Waals surface area contributed by atoms with Gasteiger partial charge in [-0.1, -0.05) is 20.4 Å². The lowest BCUT2D eigenvalue weighted by atomic mass is 9.88. The molecule has 6 fully saturated rings. The fourth-order valence-electron chi connectivity index (χ4n) is 12.3. The first-order valence-corrected chi connectivity index (χ1v) is 38.5. The van der Waals surface area contributed by atoms with Crippen LogP contribution in [-0.4, -0.2) is 352 Å². The molecule has 0 aliphatic carbocycles. The number of thiol groups is 2. The molecule has 3 amide bonds. The molecule has 0 radical (unpaired) electrons. The first kappa shape index (κ1) is 96.9. The van der Waals surface area contributed by atoms with Crippen LogP contribution in [0.25, 0.3) is 0 Å². The van der Waals surface area contributed by atoms with E-state index in [1.165, 1.54) is 27.9 Å². The van der Waals surface area contributed by atoms with Gasteiger partial charge in [-0.05, 0) is 20.3 Å². The first-order valence-electron chi connectivity index (χ1n) is 36.1. The highest BCUT2D eigenvalue weighted by Gasteiger charge is 2.57. The molecule has 28 atom stereocenters. The summed E-state index contributed by atoms with van der Waals surface area (Å²) in [5, 5.41) is 117. The van der Waals surface area contributed by atoms with Crippen molar-refractivity contribution >= 4 is 102 Å². The van der Waals surface area contributed by atoms with Crippen LogP contribution in [0.1, 0.15) is 93.4 Å². The van der Waals surface area contributed by atoms with E-state index in [1.807, 2.05) is 0 Å². The number of carboxylic acids is 3. The minimum Gasteiger partial charge on any atom is -0.479 e. The SMILES string of the molecule is C=C(C)C(=O)OCC1O[C@@H](O[C@H]2C(C(=O)O)OC(OO[C@H]3C[C@H](NC(C)=O)[C@H](O[C@H]4C(C(=O)O)OC(C)C(O)C4O)O[C@H]3COC(=O)C(C)CSCCC(=O)OCC(CC)(COC(=O)CCS)COC(=O)CCS)C(O)C2O)C(NC(C)=O)C[C@@H]1OOC1OC(C(=O)O)[C@H](O[C@@H]2O[C@@H](CO)C(OOC)CC2NC(C)=O)C(O)C1O. The lowest BCUT2D eigenvalue weighted by Gasteiger charge is -2.46. The normalized spacial score (nSPS) is 34.1. The number of ether oxygens (including phenoxy) is 14. The van der Waals surface area contributed by atoms with Crippen LogP contribution in [0, 0.1) is 11.3 Å². The quantitative estimate of drug-likeness (QED) is 0.00519. The predicted molar refractivity (Wildman–Crippen MR) is 379 cm³/mol. The molecule has 47 heteroatoms. The maximum atomic E-state index is 13.8. The molecule has 0 saturated carbocycles. The number of esters is 5. The molecule has 0 aromatic carbocycles. The maximum absolute atomic E-state index is 13.8. The molecule has 0 bridgehead atoms. The first-order chi connectivity index (χ1) is 53.9. The van der Waals surface area contributed by atoms with Crippen LogP contribution in [0.2, 0.25) is 0 Å². The number of amides is 3. The summed E-state index contributed by atoms with van der Waals surface area (Å²) in [7, 11) is 1.17. The highest BCUT2D eigenvalue weighted by molar-refractivity contribution is 7.99. The van der Waals surface area contributed by atoms with Crippen LogP contribution in [0.5, 0.6) is 0 Å². The number of aliphatic hydroxyl groups is 7. The van der Waals surface area contributed by atoms with Crippen LogP contribution in [0.15, 0.2) is 12.2 Å². The number of carboxylic acid groups (broad SMARTS) is 3. The summed E-state index contributed by atoms with van der Waals surface area (Å²) in [6, 6.07) is -4.11. The van der Waals surface area contributed by atoms with Gasteiger partial charge >= 0.3 is 47.8 Å². The number of aliphatic hydroxyl groups excluding tert-OH is 7. The summed E-state index contributed by atoms with van der Waals surface area (Å²) in [5.41, 5.74) is -1.24. The van der Waals surface area contributed by atoms with Gasteiger partial charge < -0.3 is 133 Å². The van der Waals surface area contributed by atoms with E-state index in [0.29, 0.717) is 0 Å². The van der Waals surface area contributed by atoms with Crippen molar-refractivity contribution < 1.29 is 199 Å². The van der Waals surface area contributed by atoms with Gasteiger partial charge in [0.1, 0.15) is 125 Å². The van der Waals surface area contributed by atoms with Crippen molar-refractivity contribution in [3.63, 3.8) is 0 Å². The molecule has 6 aliphatic heterocycles. The third-order valence-corrected chi connectivity index (χ3v) is 20.3. The van der Waals surface area contributed by atoms with Crippen LogP contribution >= 0.6 is 37.0 Å². The lowest BCUT2D eigenvalue weighted by molar-refractivity contribution is -0.461. The average Bonchev–Trinajstić information content (AvgIpc) is 0.787. The van der Waals surface area contributed by atoms with Crippen molar-refractivity contribution in [3.05, 3.63) is 12.2 Å². The largest absolute Gasteiger partial charge is 0.479 e. The number of aliphatic carboxylic acids is 3. The van der Waals surface area contributed by atoms with Crippen molar-refractivity contribution in [3.8, 4) is 0 Å². The molecule has 650 valence electrons. The van der Waals surface area contributed by atoms with E-state index in [1.54, 1.807) is 6.92 Å². The summed E-state index contributed by atoms with van der Waals surface area (Å²) in [4.78, 5) is 173. The molecule has 6 rings (SSSR count). The number of carbonyl (C=O) groups is 11. The second-order valence-electron chi connectivity index (χ2n) is 27.6. The van der Waals surface area contributed by atoms with E-state index >= 15 is 0 Å². The molecule has 44 nitrogen and oxygen atoms in total. The Bertz CT molecular complexity index is 3180. The van der Waals surface area contributed by atoms with Crippen LogP contribution < -0.4 is 16.0 Å². The van der Waals surface area contributed by atoms with E-state index < -0.39 is 275 Å². The summed E-state index contributed by atoms with van der Waals surface area (Å²) >= 11 is 9.22. The highest BCUT2D eigenvalue weighted by atomic mass is 32.2. The van der Waals surface area contributed by atoms with Gasteiger partial charge in [0, 0.05) is 68.6 Å². The van der Waals surface area contributed by atoms with Gasteiger partial charge in [0.2, 0.25) is 30.3 Å². The summed E-state index contributed by atoms with van der Waals surface area (Å²) in [5.74, 6) is -11.7. The molecule has 6 aliphatic rings. The van der Waals surface area contributed by atoms with Gasteiger partial charge in [-0.2, -0.15) is 37.0 Å². The molecule has 0 spiro atoms. The molecule has 6 heterocycles. The number of hydrogen-bond acceptors (Lipinski definition) is 41. The second kappa shape index (κ2) is 46.4. The van der Waals surface area contributed by atoms with Gasteiger partial charge in [0.05, 0.1) is 68.5 Å². The number of carbonyl (C=O) groups excluding carboxylic acids is 8. The zero-order valence-electron chi connectivity index (χ0n) is 63.3. The predicted octanol–water partition coefficient (Wildman–Crippen LogP) is -4.68. The van der Waals surface area contributed by atoms with Crippen LogP contribution in [0.4, 0.5) is 0 Å². The van der Waals surface area contributed by atoms with E-state index in [0.717, 1.165) is 32.5 Å². The Morgan fingerprint density at radius 1 is 0.509 bits per heavy atom. The molecule has 114 heavy (non-hydrogen) atoms. The Labute approximate surface area is 667 Å². The Kier molecular flexibility index (Phi) is 39.5. The van der Waals surface area contributed by atoms with E-state index in [-0.39, 0.29) is 80.5 Å².